The van der Waals surface area contributed by atoms with Crippen molar-refractivity contribution in [1.82, 2.24) is 0 Å². The summed E-state index contributed by atoms with van der Waals surface area (Å²) in [5.74, 6) is -0.634. The molecule has 1 aliphatic rings. The van der Waals surface area contributed by atoms with Gasteiger partial charge in [0.1, 0.15) is 0 Å². The van der Waals surface area contributed by atoms with Gasteiger partial charge in [0, 0.05) is 34.1 Å². The second-order valence-electron chi connectivity index (χ2n) is 10.4. The van der Waals surface area contributed by atoms with Crippen molar-refractivity contribution in [3.05, 3.63) is 119 Å². The van der Waals surface area contributed by atoms with Crippen LogP contribution in [-0.4, -0.2) is 5.79 Å². The molecule has 0 N–H and O–H groups in total. The van der Waals surface area contributed by atoms with E-state index in [1.54, 1.807) is 0 Å². The van der Waals surface area contributed by atoms with Crippen LogP contribution in [-0.2, 0) is 9.05 Å². The standard InChI is InChI=1S/C34H38O2P2/c1-26-16-6-10-20-30(26)37(31-21-11-7-17-27(31)2)35-34(24-14-5-15-25-34)36-38(32-22-12-8-18-28(32)3)33-23-13-9-19-29(33)4/h6-13,16-23H,5,14-15,24-25H2,1-4H3. The predicted molar refractivity (Wildman–Crippen MR) is 165 cm³/mol. The van der Waals surface area contributed by atoms with Gasteiger partial charge in [-0.05, 0) is 62.8 Å². The van der Waals surface area contributed by atoms with Crippen molar-refractivity contribution >= 4 is 37.5 Å². The molecular weight excluding hydrogens is 502 g/mol. The molecule has 0 bridgehead atoms. The van der Waals surface area contributed by atoms with Crippen LogP contribution in [0.4, 0.5) is 0 Å². The fraction of sp³-hybridized carbons (Fsp3) is 0.294. The third-order valence-electron chi connectivity index (χ3n) is 7.47. The quantitative estimate of drug-likeness (QED) is 0.167. The van der Waals surface area contributed by atoms with Crippen LogP contribution < -0.4 is 21.2 Å². The first-order chi connectivity index (χ1) is 18.5. The maximum atomic E-state index is 7.42. The van der Waals surface area contributed by atoms with Gasteiger partial charge in [-0.3, -0.25) is 0 Å². The van der Waals surface area contributed by atoms with Crippen LogP contribution in [0, 0.1) is 27.7 Å². The first-order valence-electron chi connectivity index (χ1n) is 13.7. The number of aryl methyl sites for hydroxylation is 4. The molecule has 0 heterocycles. The molecule has 0 saturated heterocycles. The first-order valence-corrected chi connectivity index (χ1v) is 16.2. The maximum Gasteiger partial charge on any atom is 0.177 e. The number of benzene rings is 4. The second-order valence-corrected chi connectivity index (χ2v) is 13.9. The third kappa shape index (κ3) is 5.95. The summed E-state index contributed by atoms with van der Waals surface area (Å²) in [5, 5.41) is 5.12. The van der Waals surface area contributed by atoms with Gasteiger partial charge in [0.2, 0.25) is 0 Å². The second kappa shape index (κ2) is 12.2. The van der Waals surface area contributed by atoms with Crippen molar-refractivity contribution in [2.24, 2.45) is 0 Å². The van der Waals surface area contributed by atoms with Crippen LogP contribution >= 0.6 is 16.3 Å². The van der Waals surface area contributed by atoms with E-state index in [2.05, 4.69) is 125 Å². The van der Waals surface area contributed by atoms with Gasteiger partial charge in [0.05, 0.1) is 16.3 Å². The highest BCUT2D eigenvalue weighted by atomic mass is 31.1. The number of rotatable bonds is 8. The summed E-state index contributed by atoms with van der Waals surface area (Å²) in [6, 6.07) is 34.8. The highest BCUT2D eigenvalue weighted by molar-refractivity contribution is 7.69. The van der Waals surface area contributed by atoms with Crippen LogP contribution in [0.25, 0.3) is 0 Å². The van der Waals surface area contributed by atoms with Crippen LogP contribution in [0.3, 0.4) is 0 Å². The van der Waals surface area contributed by atoms with E-state index >= 15 is 0 Å². The van der Waals surface area contributed by atoms with Crippen LogP contribution in [0.1, 0.15) is 54.4 Å². The van der Waals surface area contributed by atoms with Crippen molar-refractivity contribution in [3.63, 3.8) is 0 Å². The Labute approximate surface area is 231 Å². The van der Waals surface area contributed by atoms with Crippen molar-refractivity contribution in [2.45, 2.75) is 65.6 Å². The maximum absolute atomic E-state index is 7.42. The summed E-state index contributed by atoms with van der Waals surface area (Å²) >= 11 is 0. The van der Waals surface area contributed by atoms with E-state index < -0.39 is 22.1 Å². The lowest BCUT2D eigenvalue weighted by Gasteiger charge is -2.42. The largest absolute Gasteiger partial charge is 0.317 e. The van der Waals surface area contributed by atoms with E-state index in [0.29, 0.717) is 0 Å². The minimum atomic E-state index is -1.06. The molecule has 1 aliphatic carbocycles. The van der Waals surface area contributed by atoms with Crippen molar-refractivity contribution < 1.29 is 9.05 Å². The highest BCUT2D eigenvalue weighted by Crippen LogP contribution is 2.53. The summed E-state index contributed by atoms with van der Waals surface area (Å²) in [7, 11) is -2.12. The molecule has 1 saturated carbocycles. The van der Waals surface area contributed by atoms with E-state index in [1.165, 1.54) is 49.9 Å². The molecule has 5 rings (SSSR count). The molecule has 0 radical (unpaired) electrons. The van der Waals surface area contributed by atoms with Crippen LogP contribution in [0.15, 0.2) is 97.1 Å². The SMILES string of the molecule is Cc1ccccc1P(OC1(OP(c2ccccc2C)c2ccccc2C)CCCCC1)c1ccccc1C. The normalized spacial score (nSPS) is 15.2. The fourth-order valence-corrected chi connectivity index (χ4v) is 9.79. The van der Waals surface area contributed by atoms with Gasteiger partial charge in [-0.25, -0.2) is 0 Å². The fourth-order valence-electron chi connectivity index (χ4n) is 5.24. The summed E-state index contributed by atoms with van der Waals surface area (Å²) in [5.41, 5.74) is 5.08. The zero-order chi connectivity index (χ0) is 26.5. The lowest BCUT2D eigenvalue weighted by atomic mass is 9.95. The molecule has 4 aromatic rings. The van der Waals surface area contributed by atoms with E-state index in [-0.39, 0.29) is 0 Å². The average Bonchev–Trinajstić information content (AvgIpc) is 2.93. The molecule has 4 heteroatoms. The molecule has 2 nitrogen and oxygen atoms in total. The molecule has 196 valence electrons. The minimum absolute atomic E-state index is 0.634. The van der Waals surface area contributed by atoms with Crippen molar-refractivity contribution in [1.29, 1.82) is 0 Å². The zero-order valence-electron chi connectivity index (χ0n) is 23.0. The third-order valence-corrected chi connectivity index (χ3v) is 12.3. The Morgan fingerprint density at radius 3 is 1.03 bits per heavy atom. The van der Waals surface area contributed by atoms with E-state index in [0.717, 1.165) is 25.7 Å². The molecule has 0 amide bonds. The number of hydrogen-bond acceptors (Lipinski definition) is 2. The molecule has 0 atom stereocenters. The molecule has 0 spiro atoms. The highest BCUT2D eigenvalue weighted by Gasteiger charge is 2.42. The van der Waals surface area contributed by atoms with E-state index in [4.69, 9.17) is 9.05 Å². The van der Waals surface area contributed by atoms with Crippen molar-refractivity contribution in [3.8, 4) is 0 Å². The molecule has 4 aromatic carbocycles. The van der Waals surface area contributed by atoms with Crippen molar-refractivity contribution in [2.75, 3.05) is 0 Å². The Morgan fingerprint density at radius 1 is 0.447 bits per heavy atom. The lowest BCUT2D eigenvalue weighted by Crippen LogP contribution is -2.40. The van der Waals surface area contributed by atoms with Gasteiger partial charge in [0.15, 0.2) is 5.79 Å². The molecule has 1 fully saturated rings. The van der Waals surface area contributed by atoms with Gasteiger partial charge in [-0.1, -0.05) is 103 Å². The summed E-state index contributed by atoms with van der Waals surface area (Å²) < 4.78 is 14.8. The number of hydrogen-bond donors (Lipinski definition) is 0. The lowest BCUT2D eigenvalue weighted by molar-refractivity contribution is -0.121. The molecule has 0 aromatic heterocycles. The summed E-state index contributed by atoms with van der Waals surface area (Å²) in [6.07, 6.45) is 5.30. The smallest absolute Gasteiger partial charge is 0.177 e. The molecular formula is C34H38O2P2. The molecule has 0 unspecified atom stereocenters. The Hall–Kier alpha value is -2.34. The molecule has 38 heavy (non-hydrogen) atoms. The summed E-state index contributed by atoms with van der Waals surface area (Å²) in [6.45, 7) is 8.81. The van der Waals surface area contributed by atoms with Crippen LogP contribution in [0.5, 0.6) is 0 Å². The first kappa shape index (κ1) is 27.2. The Morgan fingerprint density at radius 2 is 0.737 bits per heavy atom. The van der Waals surface area contributed by atoms with Gasteiger partial charge in [0.25, 0.3) is 0 Å². The minimum Gasteiger partial charge on any atom is -0.317 e. The van der Waals surface area contributed by atoms with Gasteiger partial charge >= 0.3 is 0 Å². The Bertz CT molecular complexity index is 1190. The van der Waals surface area contributed by atoms with Gasteiger partial charge in [-0.2, -0.15) is 0 Å². The topological polar surface area (TPSA) is 18.5 Å². The van der Waals surface area contributed by atoms with Gasteiger partial charge in [-0.15, -0.1) is 0 Å². The van der Waals surface area contributed by atoms with E-state index in [9.17, 15) is 0 Å². The average molecular weight is 541 g/mol. The molecule has 0 aliphatic heterocycles. The monoisotopic (exact) mass is 540 g/mol. The summed E-state index contributed by atoms with van der Waals surface area (Å²) in [4.78, 5) is 0. The van der Waals surface area contributed by atoms with Crippen LogP contribution in [0.2, 0.25) is 0 Å². The Balaban J connectivity index is 1.62. The van der Waals surface area contributed by atoms with E-state index in [1.807, 2.05) is 0 Å². The predicted octanol–water partition coefficient (Wildman–Crippen LogP) is 8.01. The zero-order valence-corrected chi connectivity index (χ0v) is 24.8. The van der Waals surface area contributed by atoms with Gasteiger partial charge < -0.3 is 9.05 Å². The Kier molecular flexibility index (Phi) is 8.77.